The van der Waals surface area contributed by atoms with E-state index in [0.717, 1.165) is 6.42 Å². The zero-order valence-corrected chi connectivity index (χ0v) is 12.2. The molecule has 5 nitrogen and oxygen atoms in total. The SMILES string of the molecule is COCCOC[C@H]1CCN(C(=O)Nc2cccc(F)c2)C1. The van der Waals surface area contributed by atoms with Gasteiger partial charge in [-0.1, -0.05) is 6.07 Å². The number of nitrogens with zero attached hydrogens (tertiary/aromatic N) is 1. The van der Waals surface area contributed by atoms with Crippen LogP contribution in [0.4, 0.5) is 14.9 Å². The van der Waals surface area contributed by atoms with Crippen LogP contribution in [0.5, 0.6) is 0 Å². The molecule has 0 aliphatic carbocycles. The highest BCUT2D eigenvalue weighted by molar-refractivity contribution is 5.89. The molecule has 1 aromatic carbocycles. The molecule has 0 radical (unpaired) electrons. The van der Waals surface area contributed by atoms with Crippen LogP contribution in [-0.2, 0) is 9.47 Å². The van der Waals surface area contributed by atoms with Crippen molar-refractivity contribution in [1.29, 1.82) is 0 Å². The largest absolute Gasteiger partial charge is 0.382 e. The van der Waals surface area contributed by atoms with Gasteiger partial charge in [-0.3, -0.25) is 0 Å². The van der Waals surface area contributed by atoms with E-state index in [2.05, 4.69) is 5.32 Å². The molecule has 116 valence electrons. The van der Waals surface area contributed by atoms with Gasteiger partial charge in [0, 0.05) is 31.8 Å². The summed E-state index contributed by atoms with van der Waals surface area (Å²) >= 11 is 0. The van der Waals surface area contributed by atoms with Crippen molar-refractivity contribution in [3.05, 3.63) is 30.1 Å². The highest BCUT2D eigenvalue weighted by Crippen LogP contribution is 2.18. The highest BCUT2D eigenvalue weighted by Gasteiger charge is 2.26. The highest BCUT2D eigenvalue weighted by atomic mass is 19.1. The third-order valence-electron chi connectivity index (χ3n) is 3.43. The summed E-state index contributed by atoms with van der Waals surface area (Å²) < 4.78 is 23.5. The van der Waals surface area contributed by atoms with E-state index in [1.54, 1.807) is 24.1 Å². The number of hydrogen-bond acceptors (Lipinski definition) is 3. The summed E-state index contributed by atoms with van der Waals surface area (Å²) in [4.78, 5) is 13.8. The Bertz CT molecular complexity index is 470. The van der Waals surface area contributed by atoms with Crippen LogP contribution < -0.4 is 5.32 Å². The van der Waals surface area contributed by atoms with Gasteiger partial charge >= 0.3 is 6.03 Å². The molecule has 0 saturated carbocycles. The lowest BCUT2D eigenvalue weighted by atomic mass is 10.1. The van der Waals surface area contributed by atoms with E-state index < -0.39 is 0 Å². The zero-order chi connectivity index (χ0) is 15.1. The minimum atomic E-state index is -0.362. The summed E-state index contributed by atoms with van der Waals surface area (Å²) in [5, 5.41) is 2.71. The topological polar surface area (TPSA) is 50.8 Å². The molecule has 1 atom stereocenters. The summed E-state index contributed by atoms with van der Waals surface area (Å²) in [6, 6.07) is 5.70. The maximum absolute atomic E-state index is 13.1. The average molecular weight is 296 g/mol. The molecule has 21 heavy (non-hydrogen) atoms. The number of benzene rings is 1. The predicted octanol–water partition coefficient (Wildman–Crippen LogP) is 2.34. The van der Waals surface area contributed by atoms with Crippen molar-refractivity contribution < 1.29 is 18.7 Å². The lowest BCUT2D eigenvalue weighted by Gasteiger charge is -2.17. The number of carbonyl (C=O) groups excluding carboxylic acids is 1. The Morgan fingerprint density at radius 1 is 1.48 bits per heavy atom. The van der Waals surface area contributed by atoms with E-state index in [1.807, 2.05) is 0 Å². The van der Waals surface area contributed by atoms with E-state index in [0.29, 0.717) is 44.5 Å². The third-order valence-corrected chi connectivity index (χ3v) is 3.43. The van der Waals surface area contributed by atoms with Crippen LogP contribution in [0.1, 0.15) is 6.42 Å². The molecule has 2 rings (SSSR count). The smallest absolute Gasteiger partial charge is 0.321 e. The van der Waals surface area contributed by atoms with Gasteiger partial charge in [-0.05, 0) is 24.6 Å². The summed E-state index contributed by atoms with van der Waals surface area (Å²) in [6.45, 7) is 3.14. The average Bonchev–Trinajstić information content (AvgIpc) is 2.93. The quantitative estimate of drug-likeness (QED) is 0.820. The van der Waals surface area contributed by atoms with Crippen molar-refractivity contribution in [2.75, 3.05) is 45.3 Å². The number of methoxy groups -OCH3 is 1. The lowest BCUT2D eigenvalue weighted by Crippen LogP contribution is -2.33. The van der Waals surface area contributed by atoms with Crippen molar-refractivity contribution in [2.45, 2.75) is 6.42 Å². The number of halogens is 1. The van der Waals surface area contributed by atoms with Crippen LogP contribution in [-0.4, -0.2) is 51.0 Å². The monoisotopic (exact) mass is 296 g/mol. The van der Waals surface area contributed by atoms with Gasteiger partial charge in [0.25, 0.3) is 0 Å². The number of ether oxygens (including phenoxy) is 2. The molecule has 1 heterocycles. The maximum Gasteiger partial charge on any atom is 0.321 e. The lowest BCUT2D eigenvalue weighted by molar-refractivity contribution is 0.0533. The Morgan fingerprint density at radius 2 is 2.33 bits per heavy atom. The van der Waals surface area contributed by atoms with Crippen LogP contribution in [0.2, 0.25) is 0 Å². The number of carbonyl (C=O) groups is 1. The maximum atomic E-state index is 13.1. The first-order chi connectivity index (χ1) is 10.2. The van der Waals surface area contributed by atoms with Gasteiger partial charge in [0.15, 0.2) is 0 Å². The second kappa shape index (κ2) is 7.95. The number of likely N-dealkylation sites (tertiary alicyclic amines) is 1. The molecule has 1 aliphatic heterocycles. The Morgan fingerprint density at radius 3 is 3.10 bits per heavy atom. The van der Waals surface area contributed by atoms with Gasteiger partial charge in [-0.15, -0.1) is 0 Å². The van der Waals surface area contributed by atoms with Crippen molar-refractivity contribution in [3.8, 4) is 0 Å². The predicted molar refractivity (Wildman–Crippen MR) is 77.8 cm³/mol. The Hall–Kier alpha value is -1.66. The summed E-state index contributed by atoms with van der Waals surface area (Å²) in [5.74, 6) is -0.0150. The van der Waals surface area contributed by atoms with Crippen molar-refractivity contribution in [2.24, 2.45) is 5.92 Å². The fourth-order valence-corrected chi connectivity index (χ4v) is 2.31. The molecule has 6 heteroatoms. The minimum absolute atomic E-state index is 0.194. The van der Waals surface area contributed by atoms with Crippen LogP contribution in [0.15, 0.2) is 24.3 Å². The van der Waals surface area contributed by atoms with Gasteiger partial charge in [0.1, 0.15) is 5.82 Å². The van der Waals surface area contributed by atoms with Gasteiger partial charge in [-0.25, -0.2) is 9.18 Å². The molecule has 1 fully saturated rings. The van der Waals surface area contributed by atoms with E-state index >= 15 is 0 Å². The Labute approximate surface area is 124 Å². The molecule has 2 amide bonds. The van der Waals surface area contributed by atoms with E-state index in [-0.39, 0.29) is 11.8 Å². The standard InChI is InChI=1S/C15H21FN2O3/c1-20-7-8-21-11-12-5-6-18(10-12)15(19)17-14-4-2-3-13(16)9-14/h2-4,9,12H,5-8,10-11H2,1H3,(H,17,19)/t12-/m0/s1. The molecule has 0 unspecified atom stereocenters. The fraction of sp³-hybridized carbons (Fsp3) is 0.533. The summed E-state index contributed by atoms with van der Waals surface area (Å²) in [6.07, 6.45) is 0.920. The summed E-state index contributed by atoms with van der Waals surface area (Å²) in [5.41, 5.74) is 0.472. The molecule has 0 aromatic heterocycles. The van der Waals surface area contributed by atoms with Crippen molar-refractivity contribution in [3.63, 3.8) is 0 Å². The molecule has 1 N–H and O–H groups in total. The Kier molecular flexibility index (Phi) is 5.95. The van der Waals surface area contributed by atoms with Crippen LogP contribution in [0.3, 0.4) is 0 Å². The van der Waals surface area contributed by atoms with Crippen molar-refractivity contribution >= 4 is 11.7 Å². The first-order valence-corrected chi connectivity index (χ1v) is 7.07. The molecular formula is C15H21FN2O3. The number of amides is 2. The number of urea groups is 1. The van der Waals surface area contributed by atoms with Gasteiger partial charge in [0.2, 0.25) is 0 Å². The van der Waals surface area contributed by atoms with Gasteiger partial charge < -0.3 is 19.7 Å². The van der Waals surface area contributed by atoms with Crippen LogP contribution >= 0.6 is 0 Å². The molecule has 0 bridgehead atoms. The fourth-order valence-electron chi connectivity index (χ4n) is 2.31. The molecule has 1 aromatic rings. The zero-order valence-electron chi connectivity index (χ0n) is 12.2. The molecule has 0 spiro atoms. The van der Waals surface area contributed by atoms with Crippen LogP contribution in [0.25, 0.3) is 0 Å². The first-order valence-electron chi connectivity index (χ1n) is 7.07. The minimum Gasteiger partial charge on any atom is -0.382 e. The third kappa shape index (κ3) is 4.99. The second-order valence-corrected chi connectivity index (χ2v) is 5.11. The van der Waals surface area contributed by atoms with E-state index in [1.165, 1.54) is 12.1 Å². The summed E-state index contributed by atoms with van der Waals surface area (Å²) in [7, 11) is 1.64. The van der Waals surface area contributed by atoms with Crippen molar-refractivity contribution in [1.82, 2.24) is 4.90 Å². The molecule has 1 aliphatic rings. The number of nitrogens with one attached hydrogen (secondary N) is 1. The normalized spacial score (nSPS) is 18.0. The van der Waals surface area contributed by atoms with Gasteiger partial charge in [0.05, 0.1) is 19.8 Å². The second-order valence-electron chi connectivity index (χ2n) is 5.11. The number of rotatable bonds is 6. The number of hydrogen-bond donors (Lipinski definition) is 1. The number of anilines is 1. The first kappa shape index (κ1) is 15.7. The van der Waals surface area contributed by atoms with Crippen LogP contribution in [0, 0.1) is 11.7 Å². The van der Waals surface area contributed by atoms with E-state index in [4.69, 9.17) is 9.47 Å². The van der Waals surface area contributed by atoms with E-state index in [9.17, 15) is 9.18 Å². The molecule has 1 saturated heterocycles. The Balaban J connectivity index is 1.74. The van der Waals surface area contributed by atoms with Gasteiger partial charge in [-0.2, -0.15) is 0 Å². The molecular weight excluding hydrogens is 275 g/mol.